The molecule has 1 heterocycles. The summed E-state index contributed by atoms with van der Waals surface area (Å²) in [5.41, 5.74) is 6.14. The molecule has 1 aromatic heterocycles. The molecule has 1 aromatic rings. The Hall–Kier alpha value is -0.830. The van der Waals surface area contributed by atoms with Gasteiger partial charge >= 0.3 is 0 Å². The quantitative estimate of drug-likeness (QED) is 0.779. The molecule has 3 heteroatoms. The summed E-state index contributed by atoms with van der Waals surface area (Å²) >= 11 is 0. The average molecular weight is 193 g/mol. The van der Waals surface area contributed by atoms with Crippen molar-refractivity contribution in [2.45, 2.75) is 51.1 Å². The molecule has 0 radical (unpaired) electrons. The summed E-state index contributed by atoms with van der Waals surface area (Å²) < 4.78 is 2.22. The van der Waals surface area contributed by atoms with Crippen LogP contribution in [0, 0.1) is 0 Å². The van der Waals surface area contributed by atoms with Crippen molar-refractivity contribution < 1.29 is 0 Å². The molecule has 2 atom stereocenters. The van der Waals surface area contributed by atoms with Gasteiger partial charge in [0.25, 0.3) is 0 Å². The molecule has 0 spiro atoms. The number of nitrogens with two attached hydrogens (primary N) is 1. The number of rotatable bonds is 2. The van der Waals surface area contributed by atoms with E-state index in [0.717, 1.165) is 13.0 Å². The van der Waals surface area contributed by atoms with Crippen LogP contribution in [0.25, 0.3) is 0 Å². The molecular weight excluding hydrogens is 174 g/mol. The second kappa shape index (κ2) is 4.13. The molecule has 0 aliphatic heterocycles. The van der Waals surface area contributed by atoms with Crippen molar-refractivity contribution >= 4 is 0 Å². The van der Waals surface area contributed by atoms with E-state index in [0.29, 0.717) is 12.0 Å². The van der Waals surface area contributed by atoms with Gasteiger partial charge in [0.1, 0.15) is 5.82 Å². The van der Waals surface area contributed by atoms with Crippen molar-refractivity contribution in [3.8, 4) is 0 Å². The molecule has 14 heavy (non-hydrogen) atoms. The van der Waals surface area contributed by atoms with E-state index in [1.165, 1.54) is 25.1 Å². The Bertz CT molecular complexity index is 292. The third-order valence-electron chi connectivity index (χ3n) is 3.24. The van der Waals surface area contributed by atoms with Crippen molar-refractivity contribution in [3.63, 3.8) is 0 Å². The van der Waals surface area contributed by atoms with E-state index < -0.39 is 0 Å². The van der Waals surface area contributed by atoms with Crippen molar-refractivity contribution in [1.82, 2.24) is 9.55 Å². The van der Waals surface area contributed by atoms with Crippen molar-refractivity contribution in [3.05, 3.63) is 18.2 Å². The number of nitrogens with zero attached hydrogens (tertiary/aromatic N) is 2. The summed E-state index contributed by atoms with van der Waals surface area (Å²) in [6.07, 6.45) is 8.88. The largest absolute Gasteiger partial charge is 0.335 e. The van der Waals surface area contributed by atoms with Gasteiger partial charge in [-0.15, -0.1) is 0 Å². The van der Waals surface area contributed by atoms with Crippen LogP contribution < -0.4 is 5.73 Å². The van der Waals surface area contributed by atoms with Gasteiger partial charge in [0, 0.05) is 30.9 Å². The predicted molar refractivity (Wildman–Crippen MR) is 57.1 cm³/mol. The highest BCUT2D eigenvalue weighted by Crippen LogP contribution is 2.30. The molecule has 2 unspecified atom stereocenters. The summed E-state index contributed by atoms with van der Waals surface area (Å²) in [5.74, 6) is 1.68. The fraction of sp³-hybridized carbons (Fsp3) is 0.727. The van der Waals surface area contributed by atoms with Crippen molar-refractivity contribution in [1.29, 1.82) is 0 Å². The van der Waals surface area contributed by atoms with E-state index in [-0.39, 0.29) is 0 Å². The van der Waals surface area contributed by atoms with Crippen LogP contribution in [0.5, 0.6) is 0 Å². The maximum atomic E-state index is 6.14. The van der Waals surface area contributed by atoms with E-state index in [1.54, 1.807) is 0 Å². The Balaban J connectivity index is 2.20. The molecule has 0 saturated heterocycles. The van der Waals surface area contributed by atoms with Gasteiger partial charge in [-0.05, 0) is 19.8 Å². The summed E-state index contributed by atoms with van der Waals surface area (Å²) in [6, 6.07) is 0.316. The zero-order chi connectivity index (χ0) is 9.97. The van der Waals surface area contributed by atoms with Crippen LogP contribution >= 0.6 is 0 Å². The number of hydrogen-bond donors (Lipinski definition) is 1. The van der Waals surface area contributed by atoms with Gasteiger partial charge in [0.15, 0.2) is 0 Å². The second-order valence-electron chi connectivity index (χ2n) is 4.13. The van der Waals surface area contributed by atoms with Gasteiger partial charge in [-0.2, -0.15) is 0 Å². The van der Waals surface area contributed by atoms with E-state index in [1.807, 2.05) is 6.20 Å². The molecule has 2 N–H and O–H groups in total. The molecule has 1 fully saturated rings. The van der Waals surface area contributed by atoms with Crippen LogP contribution in [0.2, 0.25) is 0 Å². The SMILES string of the molecule is CCn1ccnc1C1CCCCC1N. The van der Waals surface area contributed by atoms with Gasteiger partial charge in [-0.1, -0.05) is 12.8 Å². The standard InChI is InChI=1S/C11H19N3/c1-2-14-8-7-13-11(14)9-5-3-4-6-10(9)12/h7-10H,2-6,12H2,1H3. The van der Waals surface area contributed by atoms with Crippen LogP contribution in [0.4, 0.5) is 0 Å². The maximum Gasteiger partial charge on any atom is 0.113 e. The third-order valence-corrected chi connectivity index (χ3v) is 3.24. The number of aryl methyl sites for hydroxylation is 1. The highest BCUT2D eigenvalue weighted by Gasteiger charge is 2.26. The molecule has 3 nitrogen and oxygen atoms in total. The maximum absolute atomic E-state index is 6.14. The molecule has 0 bridgehead atoms. The predicted octanol–water partition coefficient (Wildman–Crippen LogP) is 1.89. The van der Waals surface area contributed by atoms with Crippen LogP contribution in [-0.2, 0) is 6.54 Å². The summed E-state index contributed by atoms with van der Waals surface area (Å²) in [7, 11) is 0. The zero-order valence-electron chi connectivity index (χ0n) is 8.82. The second-order valence-corrected chi connectivity index (χ2v) is 4.13. The monoisotopic (exact) mass is 193 g/mol. The molecular formula is C11H19N3. The zero-order valence-corrected chi connectivity index (χ0v) is 8.82. The van der Waals surface area contributed by atoms with E-state index in [4.69, 9.17) is 5.73 Å². The van der Waals surface area contributed by atoms with Gasteiger partial charge in [-0.25, -0.2) is 4.98 Å². The lowest BCUT2D eigenvalue weighted by atomic mass is 9.84. The van der Waals surface area contributed by atoms with Crippen LogP contribution in [0.15, 0.2) is 12.4 Å². The Morgan fingerprint density at radius 2 is 2.29 bits per heavy atom. The molecule has 1 saturated carbocycles. The minimum absolute atomic E-state index is 0.316. The average Bonchev–Trinajstić information content (AvgIpc) is 2.66. The minimum Gasteiger partial charge on any atom is -0.335 e. The summed E-state index contributed by atoms with van der Waals surface area (Å²) in [4.78, 5) is 4.44. The van der Waals surface area contributed by atoms with Crippen LogP contribution in [-0.4, -0.2) is 15.6 Å². The molecule has 1 aliphatic carbocycles. The lowest BCUT2D eigenvalue weighted by Crippen LogP contribution is -2.33. The first-order valence-corrected chi connectivity index (χ1v) is 5.59. The van der Waals surface area contributed by atoms with E-state index in [9.17, 15) is 0 Å². The summed E-state index contributed by atoms with van der Waals surface area (Å²) in [5, 5.41) is 0. The molecule has 1 aliphatic rings. The topological polar surface area (TPSA) is 43.8 Å². The van der Waals surface area contributed by atoms with Gasteiger partial charge in [-0.3, -0.25) is 0 Å². The van der Waals surface area contributed by atoms with Gasteiger partial charge in [0.05, 0.1) is 0 Å². The number of imidazole rings is 1. The Kier molecular flexibility index (Phi) is 2.87. The van der Waals surface area contributed by atoms with Crippen molar-refractivity contribution in [2.24, 2.45) is 5.73 Å². The lowest BCUT2D eigenvalue weighted by Gasteiger charge is -2.28. The highest BCUT2D eigenvalue weighted by molar-refractivity contribution is 5.05. The fourth-order valence-corrected chi connectivity index (χ4v) is 2.40. The molecule has 0 aromatic carbocycles. The molecule has 0 amide bonds. The number of aromatic nitrogens is 2. The fourth-order valence-electron chi connectivity index (χ4n) is 2.40. The van der Waals surface area contributed by atoms with Gasteiger partial charge in [0.2, 0.25) is 0 Å². The third kappa shape index (κ3) is 1.69. The van der Waals surface area contributed by atoms with Crippen LogP contribution in [0.3, 0.4) is 0 Å². The smallest absolute Gasteiger partial charge is 0.113 e. The normalized spacial score (nSPS) is 27.9. The molecule has 78 valence electrons. The summed E-state index contributed by atoms with van der Waals surface area (Å²) in [6.45, 7) is 3.15. The van der Waals surface area contributed by atoms with E-state index in [2.05, 4.69) is 22.7 Å². The Morgan fingerprint density at radius 1 is 1.50 bits per heavy atom. The molecule has 2 rings (SSSR count). The Labute approximate surface area is 85.3 Å². The number of hydrogen-bond acceptors (Lipinski definition) is 2. The first-order valence-electron chi connectivity index (χ1n) is 5.59. The first-order chi connectivity index (χ1) is 6.83. The lowest BCUT2D eigenvalue weighted by molar-refractivity contribution is 0.364. The highest BCUT2D eigenvalue weighted by atomic mass is 15.1. The Morgan fingerprint density at radius 3 is 3.00 bits per heavy atom. The van der Waals surface area contributed by atoms with Crippen molar-refractivity contribution in [2.75, 3.05) is 0 Å². The van der Waals surface area contributed by atoms with E-state index >= 15 is 0 Å². The van der Waals surface area contributed by atoms with Gasteiger partial charge < -0.3 is 10.3 Å². The minimum atomic E-state index is 0.316. The first kappa shape index (κ1) is 9.71. The van der Waals surface area contributed by atoms with Crippen LogP contribution in [0.1, 0.15) is 44.3 Å².